The molecule has 0 bridgehead atoms. The van der Waals surface area contributed by atoms with Gasteiger partial charge in [-0.2, -0.15) is 0 Å². The smallest absolute Gasteiger partial charge is 0.255 e. The molecule has 1 unspecified atom stereocenters. The molecule has 0 radical (unpaired) electrons. The van der Waals surface area contributed by atoms with E-state index >= 15 is 0 Å². The zero-order valence-corrected chi connectivity index (χ0v) is 22.7. The van der Waals surface area contributed by atoms with E-state index in [2.05, 4.69) is 68.7 Å². The number of benzene rings is 3. The van der Waals surface area contributed by atoms with Crippen LogP contribution in [0, 0.1) is 0 Å². The molecule has 1 amide bonds. The average molecular weight is 548 g/mol. The van der Waals surface area contributed by atoms with E-state index in [9.17, 15) is 10.0 Å². The number of carbonyl (C=O) groups excluding carboxylic acids is 1. The van der Waals surface area contributed by atoms with Crippen LogP contribution in [0.25, 0.3) is 11.1 Å². The van der Waals surface area contributed by atoms with Crippen molar-refractivity contribution in [2.24, 2.45) is 0 Å². The van der Waals surface area contributed by atoms with Crippen molar-refractivity contribution in [3.8, 4) is 16.9 Å². The SMILES string of the molecule is O=C(NCC1=CCN(O)C=C1)c1cccc2c1OCCC2NCc1cncn1Cc1ccc(-c2ccccc2)cc1. The van der Waals surface area contributed by atoms with Crippen LogP contribution in [0.15, 0.2) is 109 Å². The molecule has 3 heterocycles. The van der Waals surface area contributed by atoms with E-state index in [0.717, 1.165) is 34.9 Å². The maximum Gasteiger partial charge on any atom is 0.255 e. The number of fused-ring (bicyclic) bond motifs is 1. The van der Waals surface area contributed by atoms with Crippen molar-refractivity contribution in [2.45, 2.75) is 25.6 Å². The van der Waals surface area contributed by atoms with E-state index < -0.39 is 0 Å². The first-order chi connectivity index (χ1) is 20.1. The molecule has 0 saturated carbocycles. The van der Waals surface area contributed by atoms with Crippen molar-refractivity contribution < 1.29 is 14.7 Å². The summed E-state index contributed by atoms with van der Waals surface area (Å²) in [6.45, 7) is 2.70. The summed E-state index contributed by atoms with van der Waals surface area (Å²) in [5.74, 6) is 0.454. The number of nitrogens with zero attached hydrogens (tertiary/aromatic N) is 3. The highest BCUT2D eigenvalue weighted by molar-refractivity contribution is 5.97. The van der Waals surface area contributed by atoms with Gasteiger partial charge in [-0.05, 0) is 34.4 Å². The Morgan fingerprint density at radius 1 is 1.00 bits per heavy atom. The molecule has 1 atom stereocenters. The minimum Gasteiger partial charge on any atom is -0.492 e. The molecule has 208 valence electrons. The number of nitrogens with one attached hydrogen (secondary N) is 2. The molecule has 2 aliphatic rings. The number of ether oxygens (including phenoxy) is 1. The summed E-state index contributed by atoms with van der Waals surface area (Å²) in [5, 5.41) is 17.2. The molecule has 6 rings (SSSR count). The van der Waals surface area contributed by atoms with E-state index in [1.54, 1.807) is 18.3 Å². The van der Waals surface area contributed by atoms with Gasteiger partial charge in [0, 0.05) is 50.1 Å². The van der Waals surface area contributed by atoms with E-state index in [1.807, 2.05) is 36.8 Å². The van der Waals surface area contributed by atoms with Crippen LogP contribution < -0.4 is 15.4 Å². The van der Waals surface area contributed by atoms with E-state index in [0.29, 0.717) is 37.6 Å². The lowest BCUT2D eigenvalue weighted by Crippen LogP contribution is -2.31. The lowest BCUT2D eigenvalue weighted by Gasteiger charge is -2.28. The van der Waals surface area contributed by atoms with E-state index in [4.69, 9.17) is 4.74 Å². The average Bonchev–Trinajstić information content (AvgIpc) is 3.46. The maximum atomic E-state index is 13.1. The second-order valence-corrected chi connectivity index (χ2v) is 10.3. The van der Waals surface area contributed by atoms with Gasteiger partial charge in [0.05, 0.1) is 30.7 Å². The highest BCUT2D eigenvalue weighted by atomic mass is 16.5. The van der Waals surface area contributed by atoms with Gasteiger partial charge in [-0.25, -0.2) is 4.98 Å². The van der Waals surface area contributed by atoms with Gasteiger partial charge in [-0.3, -0.25) is 15.1 Å². The molecule has 41 heavy (non-hydrogen) atoms. The highest BCUT2D eigenvalue weighted by Gasteiger charge is 2.26. The second kappa shape index (κ2) is 12.2. The molecule has 3 aromatic carbocycles. The Balaban J connectivity index is 1.09. The van der Waals surface area contributed by atoms with Crippen molar-refractivity contribution >= 4 is 5.91 Å². The van der Waals surface area contributed by atoms with Gasteiger partial charge in [-0.1, -0.05) is 72.8 Å². The zero-order valence-electron chi connectivity index (χ0n) is 22.7. The van der Waals surface area contributed by atoms with Crippen molar-refractivity contribution in [2.75, 3.05) is 19.7 Å². The molecule has 0 spiro atoms. The first-order valence-corrected chi connectivity index (χ1v) is 13.9. The predicted molar refractivity (Wildman–Crippen MR) is 157 cm³/mol. The number of imidazole rings is 1. The normalized spacial score (nSPS) is 16.1. The molecule has 4 aromatic rings. The Morgan fingerprint density at radius 3 is 2.63 bits per heavy atom. The van der Waals surface area contributed by atoms with Crippen LogP contribution in [0.1, 0.15) is 39.6 Å². The first-order valence-electron chi connectivity index (χ1n) is 13.9. The van der Waals surface area contributed by atoms with Crippen LogP contribution in [0.3, 0.4) is 0 Å². The van der Waals surface area contributed by atoms with E-state index in [-0.39, 0.29) is 11.9 Å². The lowest BCUT2D eigenvalue weighted by atomic mass is 9.97. The van der Waals surface area contributed by atoms with Gasteiger partial charge in [0.15, 0.2) is 0 Å². The highest BCUT2D eigenvalue weighted by Crippen LogP contribution is 2.35. The second-order valence-electron chi connectivity index (χ2n) is 10.3. The number of hydrogen-bond acceptors (Lipinski definition) is 6. The largest absolute Gasteiger partial charge is 0.492 e. The Labute approximate surface area is 239 Å². The molecule has 0 saturated heterocycles. The van der Waals surface area contributed by atoms with Crippen LogP contribution in [-0.4, -0.2) is 45.4 Å². The zero-order chi connectivity index (χ0) is 28.0. The van der Waals surface area contributed by atoms with Crippen LogP contribution in [0.4, 0.5) is 0 Å². The Hall–Kier alpha value is -4.66. The Kier molecular flexibility index (Phi) is 7.93. The summed E-state index contributed by atoms with van der Waals surface area (Å²) in [6.07, 6.45) is 9.82. The minimum absolute atomic E-state index is 0.0551. The van der Waals surface area contributed by atoms with Crippen LogP contribution in [0.2, 0.25) is 0 Å². The van der Waals surface area contributed by atoms with Gasteiger partial charge >= 0.3 is 0 Å². The van der Waals surface area contributed by atoms with Crippen LogP contribution >= 0.6 is 0 Å². The van der Waals surface area contributed by atoms with Crippen molar-refractivity contribution in [1.29, 1.82) is 0 Å². The monoisotopic (exact) mass is 547 g/mol. The van der Waals surface area contributed by atoms with Crippen LogP contribution in [0.5, 0.6) is 5.75 Å². The third kappa shape index (κ3) is 6.24. The third-order valence-corrected chi connectivity index (χ3v) is 7.51. The Morgan fingerprint density at radius 2 is 1.83 bits per heavy atom. The topological polar surface area (TPSA) is 91.7 Å². The maximum absolute atomic E-state index is 13.1. The summed E-state index contributed by atoms with van der Waals surface area (Å²) in [5.41, 5.74) is 7.17. The standard InChI is InChI=1S/C33H33N5O3/c39-33(36-19-24-13-16-38(40)17-14-24)30-8-4-7-29-31(15-18-41-32(29)30)35-21-28-20-34-23-37(28)22-25-9-11-27(12-10-25)26-5-2-1-3-6-26/h1-14,16,20,23,31,35,40H,15,17-19,21-22H2,(H,36,39). The number of rotatable bonds is 9. The van der Waals surface area contributed by atoms with Gasteiger partial charge in [0.1, 0.15) is 5.75 Å². The third-order valence-electron chi connectivity index (χ3n) is 7.51. The van der Waals surface area contributed by atoms with Crippen molar-refractivity contribution in [3.63, 3.8) is 0 Å². The fourth-order valence-corrected chi connectivity index (χ4v) is 5.24. The molecule has 0 aliphatic carbocycles. The fraction of sp³-hybridized carbons (Fsp3) is 0.212. The van der Waals surface area contributed by atoms with Crippen molar-refractivity contribution in [1.82, 2.24) is 25.2 Å². The number of carbonyl (C=O) groups is 1. The quantitative estimate of drug-likeness (QED) is 0.271. The predicted octanol–water partition coefficient (Wildman–Crippen LogP) is 5.09. The van der Waals surface area contributed by atoms with Gasteiger partial charge in [-0.15, -0.1) is 0 Å². The number of aromatic nitrogens is 2. The minimum atomic E-state index is -0.181. The van der Waals surface area contributed by atoms with Gasteiger partial charge in [0.25, 0.3) is 5.91 Å². The molecule has 3 N–H and O–H groups in total. The first kappa shape index (κ1) is 26.6. The summed E-state index contributed by atoms with van der Waals surface area (Å²) in [7, 11) is 0. The molecule has 0 fully saturated rings. The van der Waals surface area contributed by atoms with E-state index in [1.165, 1.54) is 16.7 Å². The summed E-state index contributed by atoms with van der Waals surface area (Å²) >= 11 is 0. The van der Waals surface area contributed by atoms with Crippen LogP contribution in [-0.2, 0) is 13.1 Å². The lowest BCUT2D eigenvalue weighted by molar-refractivity contribution is -0.0306. The molecule has 2 aliphatic heterocycles. The van der Waals surface area contributed by atoms with Gasteiger partial charge < -0.3 is 19.9 Å². The number of hydroxylamine groups is 2. The fourth-order valence-electron chi connectivity index (χ4n) is 5.24. The molecule has 8 nitrogen and oxygen atoms in total. The Bertz CT molecular complexity index is 1560. The molecule has 1 aromatic heterocycles. The summed E-state index contributed by atoms with van der Waals surface area (Å²) < 4.78 is 8.17. The summed E-state index contributed by atoms with van der Waals surface area (Å²) in [6, 6.07) is 24.8. The molecule has 8 heteroatoms. The number of para-hydroxylation sites is 1. The summed E-state index contributed by atoms with van der Waals surface area (Å²) in [4.78, 5) is 17.5. The van der Waals surface area contributed by atoms with Crippen molar-refractivity contribution in [3.05, 3.63) is 132 Å². The van der Waals surface area contributed by atoms with Gasteiger partial charge in [0.2, 0.25) is 0 Å². The molecular weight excluding hydrogens is 514 g/mol. The molecular formula is C33H33N5O3. The number of amides is 1. The number of hydrogen-bond donors (Lipinski definition) is 3.